The van der Waals surface area contributed by atoms with E-state index in [1.165, 1.54) is 12.1 Å². The minimum Gasteiger partial charge on any atom is -0.481 e. The SMILES string of the molecule is CC(C)CCN1CCCC(c2cc(-c3ccc(C(F)(F)F)cc3)cc(C(CC(C)C)C(=O)O)c2)C1. The molecule has 2 atom stereocenters. The molecule has 3 nitrogen and oxygen atoms in total. The van der Waals surface area contributed by atoms with Crippen molar-refractivity contribution in [2.24, 2.45) is 11.8 Å². The number of carboxylic acids is 1. The Morgan fingerprint density at radius 2 is 1.71 bits per heavy atom. The summed E-state index contributed by atoms with van der Waals surface area (Å²) in [5, 5.41) is 9.99. The summed E-state index contributed by atoms with van der Waals surface area (Å²) in [6.45, 7) is 11.5. The Hall–Kier alpha value is -2.34. The number of hydrogen-bond donors (Lipinski definition) is 1. The molecule has 0 amide bonds. The van der Waals surface area contributed by atoms with Crippen molar-refractivity contribution < 1.29 is 23.1 Å². The lowest BCUT2D eigenvalue weighted by atomic mass is 9.83. The van der Waals surface area contributed by atoms with Crippen molar-refractivity contribution in [3.63, 3.8) is 0 Å². The van der Waals surface area contributed by atoms with E-state index < -0.39 is 23.6 Å². The maximum Gasteiger partial charge on any atom is 0.416 e. The van der Waals surface area contributed by atoms with E-state index in [9.17, 15) is 23.1 Å². The van der Waals surface area contributed by atoms with Crippen molar-refractivity contribution in [3.8, 4) is 11.1 Å². The number of benzene rings is 2. The zero-order valence-electron chi connectivity index (χ0n) is 21.2. The first-order valence-electron chi connectivity index (χ1n) is 12.7. The Balaban J connectivity index is 2.00. The Morgan fingerprint density at radius 3 is 2.29 bits per heavy atom. The number of carbonyl (C=O) groups is 1. The minimum absolute atomic E-state index is 0.204. The largest absolute Gasteiger partial charge is 0.481 e. The van der Waals surface area contributed by atoms with Gasteiger partial charge in [-0.05, 0) is 90.9 Å². The Labute approximate surface area is 207 Å². The standard InChI is InChI=1S/C29H38F3NO2/c1-19(2)11-13-33-12-5-6-22(18-33)24-15-23(21-7-9-26(10-8-21)29(30,31)32)16-25(17-24)27(28(34)35)14-20(3)4/h7-10,15-17,19-20,22,27H,5-6,11-14,18H2,1-4H3,(H,34,35). The molecule has 0 aliphatic carbocycles. The second-order valence-corrected chi connectivity index (χ2v) is 10.8. The first kappa shape index (κ1) is 27.3. The highest BCUT2D eigenvalue weighted by Crippen LogP contribution is 2.36. The average Bonchev–Trinajstić information content (AvgIpc) is 2.80. The molecule has 2 aromatic carbocycles. The van der Waals surface area contributed by atoms with Crippen LogP contribution in [0.4, 0.5) is 13.2 Å². The van der Waals surface area contributed by atoms with Gasteiger partial charge in [-0.15, -0.1) is 0 Å². The van der Waals surface area contributed by atoms with Gasteiger partial charge in [0.15, 0.2) is 0 Å². The molecule has 0 aromatic heterocycles. The highest BCUT2D eigenvalue weighted by Gasteiger charge is 2.30. The Morgan fingerprint density at radius 1 is 1.03 bits per heavy atom. The van der Waals surface area contributed by atoms with Gasteiger partial charge in [0.25, 0.3) is 0 Å². The number of halogens is 3. The van der Waals surface area contributed by atoms with E-state index in [1.54, 1.807) is 0 Å². The zero-order valence-corrected chi connectivity index (χ0v) is 21.2. The number of hydrogen-bond acceptors (Lipinski definition) is 2. The average molecular weight is 490 g/mol. The molecule has 2 unspecified atom stereocenters. The summed E-state index contributed by atoms with van der Waals surface area (Å²) in [5.74, 6) is -0.398. The molecule has 6 heteroatoms. The van der Waals surface area contributed by atoms with Crippen molar-refractivity contribution in [1.82, 2.24) is 4.90 Å². The van der Waals surface area contributed by atoms with Crippen LogP contribution in [0.3, 0.4) is 0 Å². The number of nitrogens with zero attached hydrogens (tertiary/aromatic N) is 1. The molecule has 0 radical (unpaired) electrons. The van der Waals surface area contributed by atoms with E-state index in [0.29, 0.717) is 17.9 Å². The maximum atomic E-state index is 13.1. The van der Waals surface area contributed by atoms with Gasteiger partial charge in [0, 0.05) is 6.54 Å². The Bertz CT molecular complexity index is 982. The molecule has 35 heavy (non-hydrogen) atoms. The van der Waals surface area contributed by atoms with Gasteiger partial charge in [-0.2, -0.15) is 13.2 Å². The molecule has 192 valence electrons. The number of alkyl halides is 3. The van der Waals surface area contributed by atoms with Gasteiger partial charge in [0.05, 0.1) is 11.5 Å². The second-order valence-electron chi connectivity index (χ2n) is 10.8. The van der Waals surface area contributed by atoms with Crippen LogP contribution in [-0.4, -0.2) is 35.6 Å². The van der Waals surface area contributed by atoms with E-state index >= 15 is 0 Å². The fraction of sp³-hybridized carbons (Fsp3) is 0.552. The molecule has 1 fully saturated rings. The van der Waals surface area contributed by atoms with E-state index in [1.807, 2.05) is 26.0 Å². The lowest BCUT2D eigenvalue weighted by molar-refractivity contribution is -0.139. The molecule has 1 saturated heterocycles. The van der Waals surface area contributed by atoms with Gasteiger partial charge in [0.1, 0.15) is 0 Å². The third-order valence-electron chi connectivity index (χ3n) is 6.93. The van der Waals surface area contributed by atoms with Crippen LogP contribution in [0.2, 0.25) is 0 Å². The summed E-state index contributed by atoms with van der Waals surface area (Å²) in [6.07, 6.45) is -0.638. The van der Waals surface area contributed by atoms with E-state index in [0.717, 1.165) is 67.7 Å². The molecule has 2 aromatic rings. The highest BCUT2D eigenvalue weighted by molar-refractivity contribution is 5.77. The summed E-state index contributed by atoms with van der Waals surface area (Å²) >= 11 is 0. The van der Waals surface area contributed by atoms with Crippen LogP contribution < -0.4 is 0 Å². The quantitative estimate of drug-likeness (QED) is 0.390. The van der Waals surface area contributed by atoms with Crippen molar-refractivity contribution in [1.29, 1.82) is 0 Å². The van der Waals surface area contributed by atoms with Crippen molar-refractivity contribution in [3.05, 3.63) is 59.2 Å². The first-order valence-corrected chi connectivity index (χ1v) is 12.7. The maximum absolute atomic E-state index is 13.1. The summed E-state index contributed by atoms with van der Waals surface area (Å²) in [7, 11) is 0. The minimum atomic E-state index is -4.39. The van der Waals surface area contributed by atoms with Crippen LogP contribution in [0.1, 0.15) is 81.9 Å². The van der Waals surface area contributed by atoms with Crippen LogP contribution in [0.5, 0.6) is 0 Å². The van der Waals surface area contributed by atoms with Gasteiger partial charge < -0.3 is 10.0 Å². The fourth-order valence-corrected chi connectivity index (χ4v) is 4.95. The molecular weight excluding hydrogens is 451 g/mol. The highest BCUT2D eigenvalue weighted by atomic mass is 19.4. The fourth-order valence-electron chi connectivity index (χ4n) is 4.95. The van der Waals surface area contributed by atoms with Crippen molar-refractivity contribution in [2.75, 3.05) is 19.6 Å². The number of rotatable bonds is 9. The molecule has 1 N–H and O–H groups in total. The van der Waals surface area contributed by atoms with E-state index in [4.69, 9.17) is 0 Å². The van der Waals surface area contributed by atoms with Gasteiger partial charge >= 0.3 is 12.1 Å². The van der Waals surface area contributed by atoms with Crippen LogP contribution in [0.15, 0.2) is 42.5 Å². The molecule has 1 aliphatic heterocycles. The molecule has 1 aliphatic rings. The number of piperidine rings is 1. The number of carboxylic acid groups (broad SMARTS) is 1. The summed E-state index contributed by atoms with van der Waals surface area (Å²) in [4.78, 5) is 14.7. The molecule has 0 bridgehead atoms. The summed E-state index contributed by atoms with van der Waals surface area (Å²) in [5.41, 5.74) is 2.58. The molecule has 0 spiro atoms. The predicted octanol–water partition coefficient (Wildman–Crippen LogP) is 7.81. The molecule has 3 rings (SSSR count). The van der Waals surface area contributed by atoms with Crippen molar-refractivity contribution >= 4 is 5.97 Å². The van der Waals surface area contributed by atoms with Gasteiger partial charge in [0.2, 0.25) is 0 Å². The lowest BCUT2D eigenvalue weighted by Crippen LogP contribution is -2.35. The van der Waals surface area contributed by atoms with Crippen molar-refractivity contribution in [2.45, 2.75) is 71.4 Å². The lowest BCUT2D eigenvalue weighted by Gasteiger charge is -2.34. The van der Waals surface area contributed by atoms with Gasteiger partial charge in [-0.3, -0.25) is 4.79 Å². The van der Waals surface area contributed by atoms with Gasteiger partial charge in [-0.25, -0.2) is 0 Å². The van der Waals surface area contributed by atoms with E-state index in [2.05, 4.69) is 24.8 Å². The van der Waals surface area contributed by atoms with Gasteiger partial charge in [-0.1, -0.05) is 58.0 Å². The monoisotopic (exact) mass is 489 g/mol. The first-order chi connectivity index (χ1) is 16.4. The third kappa shape index (κ3) is 7.57. The zero-order chi connectivity index (χ0) is 25.8. The molecule has 0 saturated carbocycles. The smallest absolute Gasteiger partial charge is 0.416 e. The van der Waals surface area contributed by atoms with E-state index in [-0.39, 0.29) is 11.8 Å². The molecular formula is C29H38F3NO2. The topological polar surface area (TPSA) is 40.5 Å². The predicted molar refractivity (Wildman–Crippen MR) is 135 cm³/mol. The van der Waals surface area contributed by atoms with Crippen LogP contribution in [0.25, 0.3) is 11.1 Å². The van der Waals surface area contributed by atoms with Crippen LogP contribution in [0, 0.1) is 11.8 Å². The molecule has 1 heterocycles. The second kappa shape index (κ2) is 11.6. The number of likely N-dealkylation sites (tertiary alicyclic amines) is 1. The summed E-state index contributed by atoms with van der Waals surface area (Å²) in [6, 6.07) is 11.1. The van der Waals surface area contributed by atoms with Crippen LogP contribution in [-0.2, 0) is 11.0 Å². The number of aliphatic carboxylic acids is 1. The Kier molecular flexibility index (Phi) is 9.03. The third-order valence-corrected chi connectivity index (χ3v) is 6.93. The summed E-state index contributed by atoms with van der Waals surface area (Å²) < 4.78 is 39.3. The van der Waals surface area contributed by atoms with Crippen LogP contribution >= 0.6 is 0 Å². The normalized spacial score (nSPS) is 18.3.